The Kier molecular flexibility index (Phi) is 12.7. The zero-order valence-electron chi connectivity index (χ0n) is 22.7. The summed E-state index contributed by atoms with van der Waals surface area (Å²) >= 11 is 0. The van der Waals surface area contributed by atoms with Gasteiger partial charge in [-0.05, 0) is 39.9 Å². The molecule has 0 saturated heterocycles. The van der Waals surface area contributed by atoms with Gasteiger partial charge in [0.15, 0.2) is 0 Å². The number of carbonyl (C=O) groups is 2. The molecule has 2 aromatic rings. The number of unbranched alkanes of at least 4 members (excludes halogenated alkanes) is 1. The van der Waals surface area contributed by atoms with E-state index in [0.717, 1.165) is 6.42 Å². The number of amides is 2. The summed E-state index contributed by atoms with van der Waals surface area (Å²) < 4.78 is 13.4. The molecule has 2 rings (SSSR count). The van der Waals surface area contributed by atoms with E-state index in [0.29, 0.717) is 55.5 Å². The molecule has 0 spiro atoms. The molecule has 0 fully saturated rings. The van der Waals surface area contributed by atoms with E-state index in [1.807, 2.05) is 25.9 Å². The molecule has 3 N–H and O–H groups in total. The van der Waals surface area contributed by atoms with Gasteiger partial charge in [-0.15, -0.1) is 0 Å². The molecule has 0 aliphatic carbocycles. The molecule has 1 unspecified atom stereocenters. The van der Waals surface area contributed by atoms with Crippen molar-refractivity contribution < 1.29 is 14.0 Å². The summed E-state index contributed by atoms with van der Waals surface area (Å²) in [5.41, 5.74) is 1.13. The maximum atomic E-state index is 13.4. The van der Waals surface area contributed by atoms with E-state index in [-0.39, 0.29) is 11.8 Å². The molecular formula is C27H37FN8O2. The molecule has 38 heavy (non-hydrogen) atoms. The van der Waals surface area contributed by atoms with Crippen molar-refractivity contribution in [3.05, 3.63) is 48.2 Å². The maximum absolute atomic E-state index is 13.4. The second-order valence-corrected chi connectivity index (χ2v) is 8.86. The van der Waals surface area contributed by atoms with Gasteiger partial charge in [-0.2, -0.15) is 9.37 Å². The van der Waals surface area contributed by atoms with Crippen LogP contribution in [0.15, 0.2) is 36.7 Å². The number of halogens is 1. The lowest BCUT2D eigenvalue weighted by Gasteiger charge is -2.23. The van der Waals surface area contributed by atoms with Crippen molar-refractivity contribution in [3.63, 3.8) is 0 Å². The Morgan fingerprint density at radius 3 is 2.71 bits per heavy atom. The molecule has 0 bridgehead atoms. The van der Waals surface area contributed by atoms with Crippen LogP contribution in [0.2, 0.25) is 0 Å². The molecular weight excluding hydrogens is 487 g/mol. The Hall–Kier alpha value is -4.04. The SMILES string of the molecule is CCCNc1nc(Nc2ccnc(F)c2)ncc1C#CCCCNC(=O)C(C)N(C)C(=O)/C=C/CN(C)C. The average molecular weight is 525 g/mol. The molecule has 204 valence electrons. The van der Waals surface area contributed by atoms with E-state index in [4.69, 9.17) is 0 Å². The smallest absolute Gasteiger partial charge is 0.246 e. The van der Waals surface area contributed by atoms with Gasteiger partial charge in [0.2, 0.25) is 23.7 Å². The molecule has 0 saturated carbocycles. The summed E-state index contributed by atoms with van der Waals surface area (Å²) in [5, 5.41) is 9.06. The van der Waals surface area contributed by atoms with Crippen molar-refractivity contribution in [2.24, 2.45) is 0 Å². The van der Waals surface area contributed by atoms with Crippen molar-refractivity contribution in [1.29, 1.82) is 0 Å². The van der Waals surface area contributed by atoms with Crippen molar-refractivity contribution in [2.45, 2.75) is 39.2 Å². The summed E-state index contributed by atoms with van der Waals surface area (Å²) in [7, 11) is 5.44. The van der Waals surface area contributed by atoms with Crippen LogP contribution in [0.25, 0.3) is 0 Å². The fourth-order valence-electron chi connectivity index (χ4n) is 3.06. The lowest BCUT2D eigenvalue weighted by atomic mass is 10.2. The van der Waals surface area contributed by atoms with Crippen LogP contribution < -0.4 is 16.0 Å². The molecule has 2 heterocycles. The summed E-state index contributed by atoms with van der Waals surface area (Å²) in [5.74, 6) is 6.04. The zero-order chi connectivity index (χ0) is 27.9. The van der Waals surface area contributed by atoms with Crippen LogP contribution in [0, 0.1) is 17.8 Å². The second kappa shape index (κ2) is 15.9. The van der Waals surface area contributed by atoms with Crippen LogP contribution in [-0.4, -0.2) is 83.4 Å². The van der Waals surface area contributed by atoms with Crippen LogP contribution in [0.5, 0.6) is 0 Å². The van der Waals surface area contributed by atoms with E-state index in [1.54, 1.807) is 32.3 Å². The van der Waals surface area contributed by atoms with E-state index in [9.17, 15) is 14.0 Å². The highest BCUT2D eigenvalue weighted by Crippen LogP contribution is 2.17. The highest BCUT2D eigenvalue weighted by Gasteiger charge is 2.20. The summed E-state index contributed by atoms with van der Waals surface area (Å²) in [6.45, 7) is 5.54. The minimum absolute atomic E-state index is 0.216. The highest BCUT2D eigenvalue weighted by atomic mass is 19.1. The molecule has 1 atom stereocenters. The summed E-state index contributed by atoms with van der Waals surface area (Å²) in [4.78, 5) is 40.3. The number of likely N-dealkylation sites (N-methyl/N-ethyl adjacent to an activating group) is 2. The Balaban J connectivity index is 1.87. The lowest BCUT2D eigenvalue weighted by molar-refractivity contribution is -0.135. The number of aromatic nitrogens is 3. The van der Waals surface area contributed by atoms with Gasteiger partial charge >= 0.3 is 0 Å². The van der Waals surface area contributed by atoms with E-state index in [2.05, 4.69) is 42.7 Å². The number of pyridine rings is 1. The fourth-order valence-corrected chi connectivity index (χ4v) is 3.06. The third kappa shape index (κ3) is 10.5. The molecule has 0 aromatic carbocycles. The minimum atomic E-state index is -0.597. The van der Waals surface area contributed by atoms with Gasteiger partial charge in [-0.3, -0.25) is 9.59 Å². The quantitative estimate of drug-likeness (QED) is 0.159. The second-order valence-electron chi connectivity index (χ2n) is 8.86. The van der Waals surface area contributed by atoms with Gasteiger partial charge in [0.25, 0.3) is 0 Å². The number of rotatable bonds is 13. The van der Waals surface area contributed by atoms with Gasteiger partial charge in [0.1, 0.15) is 11.9 Å². The Morgan fingerprint density at radius 2 is 2.00 bits per heavy atom. The molecule has 2 amide bonds. The number of hydrogen-bond acceptors (Lipinski definition) is 8. The van der Waals surface area contributed by atoms with Crippen molar-refractivity contribution in [1.82, 2.24) is 30.1 Å². The van der Waals surface area contributed by atoms with Gasteiger partial charge in [-0.1, -0.05) is 24.8 Å². The fraction of sp³-hybridized carbons (Fsp3) is 0.444. The van der Waals surface area contributed by atoms with E-state index < -0.39 is 12.0 Å². The largest absolute Gasteiger partial charge is 0.369 e. The van der Waals surface area contributed by atoms with Gasteiger partial charge in [-0.25, -0.2) is 9.97 Å². The predicted molar refractivity (Wildman–Crippen MR) is 147 cm³/mol. The number of anilines is 3. The summed E-state index contributed by atoms with van der Waals surface area (Å²) in [6.07, 6.45) is 8.33. The third-order valence-corrected chi connectivity index (χ3v) is 5.35. The van der Waals surface area contributed by atoms with Gasteiger partial charge in [0.05, 0.1) is 11.8 Å². The van der Waals surface area contributed by atoms with E-state index in [1.165, 1.54) is 23.2 Å². The standard InChI is InChI=1S/C27H37FN8O2/c1-6-14-30-25-21(19-32-27(34-25)33-22-13-16-29-23(28)18-22)11-8-7-9-15-31-26(38)20(2)36(5)24(37)12-10-17-35(3)4/h10,12-13,16,18-20H,6-7,9,14-15,17H2,1-5H3,(H,31,38)(H2,29,30,32,33,34)/b12-10+. The van der Waals surface area contributed by atoms with Gasteiger partial charge in [0, 0.05) is 57.1 Å². The number of carbonyl (C=O) groups excluding carboxylic acids is 2. The van der Waals surface area contributed by atoms with Crippen LogP contribution in [0.1, 0.15) is 38.7 Å². The zero-order valence-corrected chi connectivity index (χ0v) is 22.7. The minimum Gasteiger partial charge on any atom is -0.369 e. The first kappa shape index (κ1) is 30.2. The van der Waals surface area contributed by atoms with E-state index >= 15 is 0 Å². The molecule has 0 radical (unpaired) electrons. The maximum Gasteiger partial charge on any atom is 0.246 e. The third-order valence-electron chi connectivity index (χ3n) is 5.35. The number of nitrogens with zero attached hydrogens (tertiary/aromatic N) is 5. The Bertz CT molecular complexity index is 1160. The molecule has 2 aromatic heterocycles. The average Bonchev–Trinajstić information content (AvgIpc) is 2.88. The highest BCUT2D eigenvalue weighted by molar-refractivity contribution is 5.92. The number of hydrogen-bond donors (Lipinski definition) is 3. The first-order chi connectivity index (χ1) is 18.2. The van der Waals surface area contributed by atoms with Crippen molar-refractivity contribution >= 4 is 29.3 Å². The van der Waals surface area contributed by atoms with Crippen LogP contribution in [0.4, 0.5) is 21.8 Å². The predicted octanol–water partition coefficient (Wildman–Crippen LogP) is 2.79. The number of nitrogens with one attached hydrogen (secondary N) is 3. The Labute approximate surface area is 224 Å². The van der Waals surface area contributed by atoms with Crippen LogP contribution in [-0.2, 0) is 9.59 Å². The van der Waals surface area contributed by atoms with Crippen molar-refractivity contribution in [2.75, 3.05) is 51.4 Å². The van der Waals surface area contributed by atoms with Crippen molar-refractivity contribution in [3.8, 4) is 11.8 Å². The topological polar surface area (TPSA) is 115 Å². The van der Waals surface area contributed by atoms with Crippen LogP contribution >= 0.6 is 0 Å². The molecule has 0 aliphatic rings. The lowest BCUT2D eigenvalue weighted by Crippen LogP contribution is -2.45. The Morgan fingerprint density at radius 1 is 1.21 bits per heavy atom. The first-order valence-electron chi connectivity index (χ1n) is 12.5. The normalized spacial score (nSPS) is 11.6. The molecule has 11 heteroatoms. The first-order valence-corrected chi connectivity index (χ1v) is 12.5. The molecule has 0 aliphatic heterocycles. The molecule has 10 nitrogen and oxygen atoms in total. The van der Waals surface area contributed by atoms with Gasteiger partial charge < -0.3 is 25.8 Å². The monoisotopic (exact) mass is 524 g/mol. The van der Waals surface area contributed by atoms with Crippen LogP contribution in [0.3, 0.4) is 0 Å². The summed E-state index contributed by atoms with van der Waals surface area (Å²) in [6, 6.07) is 2.30.